The van der Waals surface area contributed by atoms with Gasteiger partial charge in [0.1, 0.15) is 6.04 Å². The summed E-state index contributed by atoms with van der Waals surface area (Å²) < 4.78 is 9.44. The van der Waals surface area contributed by atoms with Gasteiger partial charge in [-0.2, -0.15) is 0 Å². The summed E-state index contributed by atoms with van der Waals surface area (Å²) in [5, 5.41) is 9.23. The maximum Gasteiger partial charge on any atom is 0.246 e. The van der Waals surface area contributed by atoms with E-state index in [1.165, 1.54) is 11.1 Å². The first-order valence-electron chi connectivity index (χ1n) is 12.2. The van der Waals surface area contributed by atoms with E-state index in [9.17, 15) is 10.2 Å². The van der Waals surface area contributed by atoms with Gasteiger partial charge in [0.05, 0.1) is 30.8 Å². The number of morpholine rings is 1. The van der Waals surface area contributed by atoms with E-state index in [0.717, 1.165) is 22.2 Å². The predicted molar refractivity (Wildman–Crippen MR) is 137 cm³/mol. The van der Waals surface area contributed by atoms with Crippen molar-refractivity contribution in [3.63, 3.8) is 0 Å². The van der Waals surface area contributed by atoms with Gasteiger partial charge in [-0.15, -0.1) is 0 Å². The summed E-state index contributed by atoms with van der Waals surface area (Å²) in [7, 11) is 0. The Morgan fingerprint density at radius 2 is 1.43 bits per heavy atom. The highest BCUT2D eigenvalue weighted by Crippen LogP contribution is 2.24. The van der Waals surface area contributed by atoms with E-state index in [0.29, 0.717) is 44.9 Å². The average molecular weight is 469 g/mol. The first-order chi connectivity index (χ1) is 17.0. The Labute approximate surface area is 205 Å². The zero-order valence-corrected chi connectivity index (χ0v) is 20.4. The summed E-state index contributed by atoms with van der Waals surface area (Å²) >= 11 is 0. The standard InChI is InChI=1S/C29H32N4O2/c1-21-7-11-23(12-8-21)19-27(28(34)31-15-17-35-18-16-31)33-26-6-4-3-5-25(26)32(29(33)30)20-24-13-9-22(2)10-14-24/h3-14,27,30H,15-20H2,1-2H3. The zero-order valence-electron chi connectivity index (χ0n) is 20.4. The van der Waals surface area contributed by atoms with Gasteiger partial charge in [-0.05, 0) is 37.1 Å². The van der Waals surface area contributed by atoms with Gasteiger partial charge in [-0.3, -0.25) is 14.8 Å². The molecular formula is C29H32N4O2. The minimum atomic E-state index is -0.507. The van der Waals surface area contributed by atoms with Gasteiger partial charge in [0.2, 0.25) is 11.5 Å². The first-order valence-corrected chi connectivity index (χ1v) is 12.2. The summed E-state index contributed by atoms with van der Waals surface area (Å²) in [5.41, 5.74) is 6.82. The summed E-state index contributed by atoms with van der Waals surface area (Å²) in [6, 6.07) is 24.3. The molecule has 1 saturated heterocycles. The van der Waals surface area contributed by atoms with Crippen molar-refractivity contribution in [3.8, 4) is 0 Å². The van der Waals surface area contributed by atoms with E-state index in [-0.39, 0.29) is 5.91 Å². The summed E-state index contributed by atoms with van der Waals surface area (Å²) in [6.45, 7) is 6.99. The lowest BCUT2D eigenvalue weighted by Crippen LogP contribution is -2.46. The maximum absolute atomic E-state index is 13.9. The molecule has 1 N–H and O–H groups in total. The van der Waals surface area contributed by atoms with E-state index < -0.39 is 6.04 Å². The van der Waals surface area contributed by atoms with Crippen LogP contribution in [-0.2, 0) is 22.5 Å². The second kappa shape index (κ2) is 9.92. The maximum atomic E-state index is 13.9. The Balaban J connectivity index is 1.61. The predicted octanol–water partition coefficient (Wildman–Crippen LogP) is 4.23. The molecule has 0 bridgehead atoms. The number of nitrogens with one attached hydrogen (secondary N) is 1. The van der Waals surface area contributed by atoms with Gasteiger partial charge >= 0.3 is 0 Å². The minimum Gasteiger partial charge on any atom is -0.378 e. The normalized spacial score (nSPS) is 14.9. The van der Waals surface area contributed by atoms with Crippen molar-refractivity contribution in [2.75, 3.05) is 26.3 Å². The summed E-state index contributed by atoms with van der Waals surface area (Å²) in [5.74, 6) is 0.0469. The lowest BCUT2D eigenvalue weighted by atomic mass is 10.0. The molecule has 1 atom stereocenters. The van der Waals surface area contributed by atoms with Gasteiger partial charge in [0.15, 0.2) is 0 Å². The number of benzene rings is 3. The zero-order chi connectivity index (χ0) is 24.4. The summed E-state index contributed by atoms with van der Waals surface area (Å²) in [6.07, 6.45) is 0.533. The number of para-hydroxylation sites is 2. The Hall–Kier alpha value is -3.64. The van der Waals surface area contributed by atoms with Crippen LogP contribution in [0.15, 0.2) is 72.8 Å². The molecule has 0 spiro atoms. The van der Waals surface area contributed by atoms with Crippen LogP contribution in [0.4, 0.5) is 0 Å². The molecule has 6 nitrogen and oxygen atoms in total. The number of ether oxygens (including phenoxy) is 1. The van der Waals surface area contributed by atoms with Crippen LogP contribution in [0.25, 0.3) is 11.0 Å². The number of hydrogen-bond donors (Lipinski definition) is 1. The third-order valence-corrected chi connectivity index (χ3v) is 6.85. The molecule has 35 heavy (non-hydrogen) atoms. The van der Waals surface area contributed by atoms with E-state index >= 15 is 0 Å². The number of carbonyl (C=O) groups excluding carboxylic acids is 1. The van der Waals surface area contributed by atoms with Crippen molar-refractivity contribution in [2.45, 2.75) is 32.9 Å². The van der Waals surface area contributed by atoms with Crippen LogP contribution < -0.4 is 5.62 Å². The Morgan fingerprint density at radius 3 is 2.06 bits per heavy atom. The number of aryl methyl sites for hydroxylation is 2. The third-order valence-electron chi connectivity index (χ3n) is 6.85. The Kier molecular flexibility index (Phi) is 6.55. The van der Waals surface area contributed by atoms with Gasteiger partial charge in [0.25, 0.3) is 0 Å². The van der Waals surface area contributed by atoms with Crippen LogP contribution in [0.3, 0.4) is 0 Å². The highest BCUT2D eigenvalue weighted by atomic mass is 16.5. The molecule has 1 amide bonds. The number of amides is 1. The van der Waals surface area contributed by atoms with E-state index in [1.807, 2.05) is 38.3 Å². The van der Waals surface area contributed by atoms with Crippen molar-refractivity contribution in [3.05, 3.63) is 101 Å². The van der Waals surface area contributed by atoms with Crippen LogP contribution in [0.2, 0.25) is 0 Å². The van der Waals surface area contributed by atoms with Crippen molar-refractivity contribution in [1.29, 1.82) is 5.41 Å². The van der Waals surface area contributed by atoms with Gasteiger partial charge in [0, 0.05) is 19.5 Å². The molecule has 1 aromatic heterocycles. The van der Waals surface area contributed by atoms with Crippen LogP contribution in [0.5, 0.6) is 0 Å². The van der Waals surface area contributed by atoms with E-state index in [2.05, 4.69) is 62.4 Å². The van der Waals surface area contributed by atoms with Crippen LogP contribution in [0.1, 0.15) is 28.3 Å². The molecule has 1 aliphatic heterocycles. The van der Waals surface area contributed by atoms with E-state index in [1.54, 1.807) is 0 Å². The monoisotopic (exact) mass is 468 g/mol. The molecule has 3 aromatic carbocycles. The number of carbonyl (C=O) groups is 1. The van der Waals surface area contributed by atoms with Crippen LogP contribution >= 0.6 is 0 Å². The molecule has 180 valence electrons. The molecule has 1 aliphatic rings. The number of imidazole rings is 1. The number of fused-ring (bicyclic) bond motifs is 1. The summed E-state index contributed by atoms with van der Waals surface area (Å²) in [4.78, 5) is 15.8. The van der Waals surface area contributed by atoms with Gasteiger partial charge < -0.3 is 14.2 Å². The topological polar surface area (TPSA) is 63.2 Å². The highest BCUT2D eigenvalue weighted by molar-refractivity contribution is 5.84. The molecule has 5 rings (SSSR count). The smallest absolute Gasteiger partial charge is 0.246 e. The fourth-order valence-corrected chi connectivity index (χ4v) is 4.84. The molecule has 1 unspecified atom stereocenters. The van der Waals surface area contributed by atoms with Crippen molar-refractivity contribution < 1.29 is 9.53 Å². The van der Waals surface area contributed by atoms with Crippen LogP contribution in [-0.4, -0.2) is 46.2 Å². The molecule has 0 radical (unpaired) electrons. The van der Waals surface area contributed by atoms with Crippen molar-refractivity contribution >= 4 is 16.9 Å². The number of hydrogen-bond acceptors (Lipinski definition) is 3. The SMILES string of the molecule is Cc1ccc(CC(C(=O)N2CCOCC2)n2c(=N)n(Cc3ccc(C)cc3)c3ccccc32)cc1. The van der Waals surface area contributed by atoms with Crippen molar-refractivity contribution in [2.24, 2.45) is 0 Å². The number of nitrogens with zero attached hydrogens (tertiary/aromatic N) is 3. The third kappa shape index (κ3) is 4.80. The van der Waals surface area contributed by atoms with Crippen LogP contribution in [0, 0.1) is 19.3 Å². The molecule has 0 aliphatic carbocycles. The number of aromatic nitrogens is 2. The highest BCUT2D eigenvalue weighted by Gasteiger charge is 2.30. The fraction of sp³-hybridized carbons (Fsp3) is 0.310. The molecule has 4 aromatic rings. The molecule has 1 fully saturated rings. The Bertz CT molecular complexity index is 1380. The Morgan fingerprint density at radius 1 is 0.857 bits per heavy atom. The second-order valence-corrected chi connectivity index (χ2v) is 9.40. The molecule has 0 saturated carbocycles. The largest absolute Gasteiger partial charge is 0.378 e. The lowest BCUT2D eigenvalue weighted by molar-refractivity contribution is -0.138. The quantitative estimate of drug-likeness (QED) is 0.460. The first kappa shape index (κ1) is 23.1. The molecule has 6 heteroatoms. The van der Waals surface area contributed by atoms with Gasteiger partial charge in [-0.25, -0.2) is 0 Å². The van der Waals surface area contributed by atoms with Crippen molar-refractivity contribution in [1.82, 2.24) is 14.0 Å². The van der Waals surface area contributed by atoms with Gasteiger partial charge in [-0.1, -0.05) is 71.8 Å². The second-order valence-electron chi connectivity index (χ2n) is 9.40. The fourth-order valence-electron chi connectivity index (χ4n) is 4.84. The minimum absolute atomic E-state index is 0.0469. The lowest BCUT2D eigenvalue weighted by Gasteiger charge is -2.31. The van der Waals surface area contributed by atoms with E-state index in [4.69, 9.17) is 4.74 Å². The average Bonchev–Trinajstić information content (AvgIpc) is 3.16. The molecule has 2 heterocycles. The molecular weight excluding hydrogens is 436 g/mol. The number of rotatable bonds is 6.